The van der Waals surface area contributed by atoms with Crippen molar-refractivity contribution in [2.45, 2.75) is 26.0 Å². The number of hydrogen-bond donors (Lipinski definition) is 1. The van der Waals surface area contributed by atoms with Crippen LogP contribution < -0.4 is 5.73 Å². The zero-order valence-electron chi connectivity index (χ0n) is 5.64. The van der Waals surface area contributed by atoms with Gasteiger partial charge in [-0.3, -0.25) is 0 Å². The molecular weight excluding hydrogens is 102 g/mol. The first-order valence-corrected chi connectivity index (χ1v) is 2.89. The van der Waals surface area contributed by atoms with E-state index in [-0.39, 0.29) is 11.5 Å². The third-order valence-electron chi connectivity index (χ3n) is 2.06. The van der Waals surface area contributed by atoms with Gasteiger partial charge in [0, 0.05) is 18.6 Å². The summed E-state index contributed by atoms with van der Waals surface area (Å²) in [5, 5.41) is 0. The minimum atomic E-state index is 0.231. The Bertz CT molecular complexity index is 101. The van der Waals surface area contributed by atoms with Gasteiger partial charge in [-0.1, -0.05) is 13.8 Å². The van der Waals surface area contributed by atoms with E-state index in [1.807, 2.05) is 0 Å². The lowest BCUT2D eigenvalue weighted by Crippen LogP contribution is -2.07. The molecule has 2 atom stereocenters. The van der Waals surface area contributed by atoms with E-state index in [1.165, 1.54) is 0 Å². The van der Waals surface area contributed by atoms with Gasteiger partial charge in [0.15, 0.2) is 0 Å². The Morgan fingerprint density at radius 1 is 1.50 bits per heavy atom. The summed E-state index contributed by atoms with van der Waals surface area (Å²) in [6.45, 7) is 4.23. The number of methoxy groups -OCH3 is 1. The molecule has 1 rings (SSSR count). The number of ether oxygens (including phenoxy) is 1. The van der Waals surface area contributed by atoms with Gasteiger partial charge >= 0.3 is 0 Å². The van der Waals surface area contributed by atoms with Crippen molar-refractivity contribution >= 4 is 0 Å². The molecule has 48 valence electrons. The van der Waals surface area contributed by atoms with Crippen LogP contribution in [0.15, 0.2) is 0 Å². The molecule has 0 aromatic carbocycles. The fourth-order valence-electron chi connectivity index (χ4n) is 1.08. The van der Waals surface area contributed by atoms with Crippen LogP contribution >= 0.6 is 0 Å². The predicted octanol–water partition coefficient (Wildman–Crippen LogP) is 0.368. The van der Waals surface area contributed by atoms with E-state index in [1.54, 1.807) is 7.11 Å². The van der Waals surface area contributed by atoms with Crippen molar-refractivity contribution in [3.8, 4) is 0 Å². The minimum absolute atomic E-state index is 0.231. The van der Waals surface area contributed by atoms with Gasteiger partial charge in [0.25, 0.3) is 0 Å². The molecule has 1 fully saturated rings. The highest BCUT2D eigenvalue weighted by atomic mass is 16.5. The maximum atomic E-state index is 5.63. The molecule has 1 aliphatic rings. The fraction of sp³-hybridized carbons (Fsp3) is 1.00. The Kier molecular flexibility index (Phi) is 1.10. The van der Waals surface area contributed by atoms with Crippen LogP contribution in [0.2, 0.25) is 0 Å². The Morgan fingerprint density at radius 2 is 1.88 bits per heavy atom. The molecule has 0 heterocycles. The van der Waals surface area contributed by atoms with Crippen molar-refractivity contribution in [3.05, 3.63) is 0 Å². The highest BCUT2D eigenvalue weighted by Crippen LogP contribution is 2.45. The molecule has 8 heavy (non-hydrogen) atoms. The lowest BCUT2D eigenvalue weighted by Gasteiger charge is -1.96. The molecule has 0 unspecified atom stereocenters. The Hall–Kier alpha value is -0.0800. The summed E-state index contributed by atoms with van der Waals surface area (Å²) in [5.74, 6) is 0. The van der Waals surface area contributed by atoms with E-state index in [2.05, 4.69) is 13.8 Å². The number of rotatable bonds is 1. The second-order valence-corrected chi connectivity index (χ2v) is 3.00. The van der Waals surface area contributed by atoms with Gasteiger partial charge in [-0.25, -0.2) is 0 Å². The van der Waals surface area contributed by atoms with Gasteiger partial charge < -0.3 is 10.5 Å². The first kappa shape index (κ1) is 6.05. The molecule has 1 saturated carbocycles. The van der Waals surface area contributed by atoms with Crippen LogP contribution in [0.5, 0.6) is 0 Å². The van der Waals surface area contributed by atoms with Crippen molar-refractivity contribution in [2.24, 2.45) is 11.1 Å². The van der Waals surface area contributed by atoms with Gasteiger partial charge in [0.2, 0.25) is 0 Å². The molecule has 0 bridgehead atoms. The summed E-state index contributed by atoms with van der Waals surface area (Å²) >= 11 is 0. The summed E-state index contributed by atoms with van der Waals surface area (Å²) in [7, 11) is 1.71. The van der Waals surface area contributed by atoms with Crippen molar-refractivity contribution < 1.29 is 4.74 Å². The quantitative estimate of drug-likeness (QED) is 0.536. The second kappa shape index (κ2) is 1.45. The van der Waals surface area contributed by atoms with Crippen LogP contribution in [0, 0.1) is 5.41 Å². The molecular formula is C6H13NO. The minimum Gasteiger partial charge on any atom is -0.379 e. The van der Waals surface area contributed by atoms with Crippen LogP contribution in [0.4, 0.5) is 0 Å². The lowest BCUT2D eigenvalue weighted by molar-refractivity contribution is 0.151. The summed E-state index contributed by atoms with van der Waals surface area (Å²) < 4.78 is 5.06. The summed E-state index contributed by atoms with van der Waals surface area (Å²) in [4.78, 5) is 0. The smallest absolute Gasteiger partial charge is 0.0794 e. The fourth-order valence-corrected chi connectivity index (χ4v) is 1.08. The third-order valence-corrected chi connectivity index (χ3v) is 2.06. The van der Waals surface area contributed by atoms with E-state index in [0.717, 1.165) is 0 Å². The molecule has 0 aromatic heterocycles. The van der Waals surface area contributed by atoms with Gasteiger partial charge in [-0.2, -0.15) is 0 Å². The standard InChI is InChI=1S/C6H13NO/c1-6(2)4(7)5(6)8-3/h4-5H,7H2,1-3H3/t4-,5-/m0/s1. The van der Waals surface area contributed by atoms with E-state index in [9.17, 15) is 0 Å². The van der Waals surface area contributed by atoms with Crippen LogP contribution in [-0.2, 0) is 4.74 Å². The number of nitrogens with two attached hydrogens (primary N) is 1. The van der Waals surface area contributed by atoms with E-state index in [0.29, 0.717) is 6.10 Å². The van der Waals surface area contributed by atoms with Crippen LogP contribution in [0.3, 0.4) is 0 Å². The zero-order valence-corrected chi connectivity index (χ0v) is 5.64. The van der Waals surface area contributed by atoms with Crippen molar-refractivity contribution in [2.75, 3.05) is 7.11 Å². The van der Waals surface area contributed by atoms with E-state index in [4.69, 9.17) is 10.5 Å². The van der Waals surface area contributed by atoms with Crippen LogP contribution in [-0.4, -0.2) is 19.3 Å². The molecule has 2 nitrogen and oxygen atoms in total. The highest BCUT2D eigenvalue weighted by Gasteiger charge is 2.56. The second-order valence-electron chi connectivity index (χ2n) is 3.00. The van der Waals surface area contributed by atoms with Gasteiger partial charge in [0.05, 0.1) is 6.10 Å². The predicted molar refractivity (Wildman–Crippen MR) is 32.6 cm³/mol. The molecule has 0 radical (unpaired) electrons. The van der Waals surface area contributed by atoms with Crippen LogP contribution in [0.25, 0.3) is 0 Å². The molecule has 0 saturated heterocycles. The lowest BCUT2D eigenvalue weighted by atomic mass is 10.2. The molecule has 1 aliphatic carbocycles. The SMILES string of the molecule is CO[C@H]1[C@H](N)C1(C)C. The summed E-state index contributed by atoms with van der Waals surface area (Å²) in [6.07, 6.45) is 0.294. The molecule has 2 N–H and O–H groups in total. The average Bonchev–Trinajstić information content (AvgIpc) is 2.09. The largest absolute Gasteiger partial charge is 0.379 e. The molecule has 0 amide bonds. The maximum Gasteiger partial charge on any atom is 0.0794 e. The maximum absolute atomic E-state index is 5.63. The zero-order chi connectivity index (χ0) is 6.36. The number of hydrogen-bond acceptors (Lipinski definition) is 2. The highest BCUT2D eigenvalue weighted by molar-refractivity contribution is 5.10. The van der Waals surface area contributed by atoms with Crippen molar-refractivity contribution in [1.29, 1.82) is 0 Å². The first-order valence-electron chi connectivity index (χ1n) is 2.89. The average molecular weight is 115 g/mol. The van der Waals surface area contributed by atoms with Crippen LogP contribution in [0.1, 0.15) is 13.8 Å². The molecule has 0 aliphatic heterocycles. The van der Waals surface area contributed by atoms with E-state index >= 15 is 0 Å². The molecule has 0 spiro atoms. The Morgan fingerprint density at radius 3 is 1.88 bits per heavy atom. The first-order chi connectivity index (χ1) is 3.60. The molecule has 2 heteroatoms. The summed E-state index contributed by atoms with van der Waals surface area (Å²) in [5.41, 5.74) is 5.86. The van der Waals surface area contributed by atoms with Gasteiger partial charge in [0.1, 0.15) is 0 Å². The van der Waals surface area contributed by atoms with Gasteiger partial charge in [-0.15, -0.1) is 0 Å². The monoisotopic (exact) mass is 115 g/mol. The van der Waals surface area contributed by atoms with Crippen molar-refractivity contribution in [3.63, 3.8) is 0 Å². The normalized spacial score (nSPS) is 42.0. The third kappa shape index (κ3) is 0.565. The Balaban J connectivity index is 2.45. The molecule has 0 aromatic rings. The van der Waals surface area contributed by atoms with E-state index < -0.39 is 0 Å². The van der Waals surface area contributed by atoms with Crippen molar-refractivity contribution in [1.82, 2.24) is 0 Å². The van der Waals surface area contributed by atoms with Gasteiger partial charge in [-0.05, 0) is 0 Å². The Labute approximate surface area is 50.0 Å². The summed E-state index contributed by atoms with van der Waals surface area (Å²) in [6, 6.07) is 0.257. The topological polar surface area (TPSA) is 35.2 Å².